The maximum absolute atomic E-state index is 2.41. The molecule has 0 saturated heterocycles. The van der Waals surface area contributed by atoms with Crippen LogP contribution in [-0.4, -0.2) is 61.4 Å². The summed E-state index contributed by atoms with van der Waals surface area (Å²) >= 11 is 0. The molecular weight excluding hydrogens is 674 g/mol. The van der Waals surface area contributed by atoms with Crippen molar-refractivity contribution in [3.05, 3.63) is 136 Å². The molecule has 4 aromatic carbocycles. The van der Waals surface area contributed by atoms with Gasteiger partial charge in [-0.25, -0.2) is 0 Å². The number of hydrogen-bond acceptors (Lipinski definition) is 2. The summed E-state index contributed by atoms with van der Waals surface area (Å²) in [4.78, 5) is 4.82. The standard InChI is InChI=1S/2C21H28NP.2CH3.Fe/c2*1-17(22(2)3)20-15-10-16-21(20)23(18-11-6-4-7-12-18)19-13-8-5-9-14-19;;;/h2*4-9,11-14,17,20-21H,10,15-16H2,1-3H3;2*1H3;/q;;2*-1;+2/t2*17-,20?,21?;;;/m00.../s1. The molecule has 0 amide bonds. The van der Waals surface area contributed by atoms with Crippen molar-refractivity contribution in [1.29, 1.82) is 0 Å². The minimum atomic E-state index is -0.275. The average molecular weight is 737 g/mol. The van der Waals surface area contributed by atoms with Gasteiger partial charge in [-0.2, -0.15) is 0 Å². The van der Waals surface area contributed by atoms with Crippen LogP contribution in [0.5, 0.6) is 0 Å². The second-order valence-electron chi connectivity index (χ2n) is 13.8. The van der Waals surface area contributed by atoms with Crippen LogP contribution in [-0.2, 0) is 17.1 Å². The Balaban J connectivity index is 0.000000321. The van der Waals surface area contributed by atoms with Crippen molar-refractivity contribution >= 4 is 37.1 Å². The number of hydrogen-bond donors (Lipinski definition) is 0. The predicted molar refractivity (Wildman–Crippen MR) is 220 cm³/mol. The third kappa shape index (κ3) is 11.1. The summed E-state index contributed by atoms with van der Waals surface area (Å²) in [7, 11) is 8.37. The summed E-state index contributed by atoms with van der Waals surface area (Å²) in [5.74, 6) is 1.60. The fourth-order valence-corrected chi connectivity index (χ4v) is 14.4. The van der Waals surface area contributed by atoms with Crippen molar-refractivity contribution in [2.24, 2.45) is 11.8 Å². The van der Waals surface area contributed by atoms with E-state index in [1.807, 2.05) is 0 Å². The molecule has 2 aliphatic carbocycles. The zero-order valence-electron chi connectivity index (χ0n) is 31.4. The molecule has 4 aromatic rings. The molecule has 2 aliphatic rings. The molecule has 0 radical (unpaired) electrons. The van der Waals surface area contributed by atoms with Gasteiger partial charge in [0.25, 0.3) is 0 Å². The summed E-state index contributed by atoms with van der Waals surface area (Å²) in [5.41, 5.74) is 1.60. The van der Waals surface area contributed by atoms with Gasteiger partial charge in [0, 0.05) is 12.1 Å². The van der Waals surface area contributed by atoms with Crippen LogP contribution in [0.15, 0.2) is 121 Å². The van der Waals surface area contributed by atoms with Gasteiger partial charge in [0.05, 0.1) is 0 Å². The minimum absolute atomic E-state index is 0. The molecule has 2 nitrogen and oxygen atoms in total. The molecular formula is C44H62FeN2P2. The van der Waals surface area contributed by atoms with Crippen molar-refractivity contribution in [1.82, 2.24) is 9.80 Å². The fraction of sp³-hybridized carbons (Fsp3) is 0.409. The third-order valence-electron chi connectivity index (χ3n) is 10.7. The first-order valence-electron chi connectivity index (χ1n) is 17.5. The van der Waals surface area contributed by atoms with Crippen molar-refractivity contribution in [3.8, 4) is 0 Å². The van der Waals surface area contributed by atoms with Crippen LogP contribution in [0.3, 0.4) is 0 Å². The van der Waals surface area contributed by atoms with Gasteiger partial charge < -0.3 is 24.7 Å². The fourth-order valence-electron chi connectivity index (χ4n) is 7.89. The van der Waals surface area contributed by atoms with Crippen molar-refractivity contribution in [2.45, 2.75) is 75.8 Å². The first-order valence-corrected chi connectivity index (χ1v) is 20.3. The molecule has 0 spiro atoms. The van der Waals surface area contributed by atoms with Gasteiger partial charge >= 0.3 is 17.1 Å². The summed E-state index contributed by atoms with van der Waals surface area (Å²) in [5, 5.41) is 6.15. The quantitative estimate of drug-likeness (QED) is 0.0910. The van der Waals surface area contributed by atoms with Crippen LogP contribution in [0, 0.1) is 26.7 Å². The number of rotatable bonds is 10. The van der Waals surface area contributed by atoms with Crippen LogP contribution < -0.4 is 21.2 Å². The zero-order valence-corrected chi connectivity index (χ0v) is 34.3. The maximum Gasteiger partial charge on any atom is 2.00 e. The Bertz CT molecular complexity index is 1230. The molecule has 2 fully saturated rings. The third-order valence-corrected chi connectivity index (χ3v) is 16.8. The van der Waals surface area contributed by atoms with Gasteiger partial charge in [0.2, 0.25) is 0 Å². The van der Waals surface area contributed by atoms with E-state index in [0.29, 0.717) is 12.1 Å². The maximum atomic E-state index is 2.41. The molecule has 49 heavy (non-hydrogen) atoms. The SMILES string of the molecule is C[C@@H](C1CCCC1P(c1ccccc1)c1ccccc1)N(C)C.C[C@@H](C1CCCC1P(c1ccccc1)c1ccccc1)N(C)C.[CH3-].[CH3-].[Fe+2]. The Morgan fingerprint density at radius 3 is 0.918 bits per heavy atom. The average Bonchev–Trinajstić information content (AvgIpc) is 3.77. The summed E-state index contributed by atoms with van der Waals surface area (Å²) in [6.45, 7) is 4.82. The van der Waals surface area contributed by atoms with Crippen LogP contribution >= 0.6 is 15.8 Å². The molecule has 0 heterocycles. The molecule has 0 aliphatic heterocycles. The Hall–Kier alpha value is -1.82. The summed E-state index contributed by atoms with van der Waals surface area (Å²) in [6, 6.07) is 46.2. The van der Waals surface area contributed by atoms with E-state index in [9.17, 15) is 0 Å². The van der Waals surface area contributed by atoms with Crippen LogP contribution in [0.4, 0.5) is 0 Å². The van der Waals surface area contributed by atoms with Crippen molar-refractivity contribution < 1.29 is 17.1 Å². The van der Waals surface area contributed by atoms with Crippen LogP contribution in [0.2, 0.25) is 0 Å². The molecule has 0 N–H and O–H groups in total. The Kier molecular flexibility index (Phi) is 19.0. The molecule has 2 saturated carbocycles. The molecule has 6 rings (SSSR count). The Labute approximate surface area is 314 Å². The second-order valence-corrected chi connectivity index (χ2v) is 18.7. The molecule has 266 valence electrons. The van der Waals surface area contributed by atoms with Gasteiger partial charge in [-0.1, -0.05) is 134 Å². The number of benzene rings is 4. The monoisotopic (exact) mass is 736 g/mol. The second kappa shape index (κ2) is 21.5. The van der Waals surface area contributed by atoms with E-state index in [1.54, 1.807) is 0 Å². The van der Waals surface area contributed by atoms with Gasteiger partial charge in [-0.05, 0) is 128 Å². The molecule has 0 bridgehead atoms. The van der Waals surface area contributed by atoms with Gasteiger partial charge in [-0.3, -0.25) is 0 Å². The Morgan fingerprint density at radius 2 is 0.694 bits per heavy atom. The van der Waals surface area contributed by atoms with Gasteiger partial charge in [0.1, 0.15) is 0 Å². The molecule has 5 heteroatoms. The van der Waals surface area contributed by atoms with Crippen molar-refractivity contribution in [3.63, 3.8) is 0 Å². The van der Waals surface area contributed by atoms with E-state index in [4.69, 9.17) is 0 Å². The van der Waals surface area contributed by atoms with E-state index in [1.165, 1.54) is 59.7 Å². The normalized spacial score (nSPS) is 21.3. The summed E-state index contributed by atoms with van der Waals surface area (Å²) < 4.78 is 0. The van der Waals surface area contributed by atoms with E-state index in [2.05, 4.69) is 173 Å². The largest absolute Gasteiger partial charge is 2.00 e. The molecule has 0 aromatic heterocycles. The van der Waals surface area contributed by atoms with Gasteiger partial charge in [-0.15, -0.1) is 0 Å². The molecule has 4 unspecified atom stereocenters. The van der Waals surface area contributed by atoms with E-state index >= 15 is 0 Å². The van der Waals surface area contributed by atoms with Crippen molar-refractivity contribution in [2.75, 3.05) is 28.2 Å². The van der Waals surface area contributed by atoms with E-state index in [-0.39, 0.29) is 47.8 Å². The van der Waals surface area contributed by atoms with Crippen LogP contribution in [0.1, 0.15) is 52.4 Å². The predicted octanol–water partition coefficient (Wildman–Crippen LogP) is 9.37. The first kappa shape index (κ1) is 43.3. The zero-order chi connectivity index (χ0) is 32.5. The van der Waals surface area contributed by atoms with Gasteiger partial charge in [0.15, 0.2) is 0 Å². The smallest absolute Gasteiger partial charge is 0.358 e. The topological polar surface area (TPSA) is 6.48 Å². The first-order chi connectivity index (χ1) is 22.4. The van der Waals surface area contributed by atoms with E-state index in [0.717, 1.165) is 23.2 Å². The van der Waals surface area contributed by atoms with Crippen LogP contribution in [0.25, 0.3) is 0 Å². The number of nitrogens with zero attached hydrogens (tertiary/aromatic N) is 2. The summed E-state index contributed by atoms with van der Waals surface area (Å²) in [6.07, 6.45) is 8.26. The molecule has 6 atom stereocenters. The minimum Gasteiger partial charge on any atom is -0.358 e. The Morgan fingerprint density at radius 1 is 0.449 bits per heavy atom. The van der Waals surface area contributed by atoms with E-state index < -0.39 is 0 Å².